The summed E-state index contributed by atoms with van der Waals surface area (Å²) < 4.78 is 30.0. The van der Waals surface area contributed by atoms with Gasteiger partial charge >= 0.3 is 0 Å². The average molecular weight is 431 g/mol. The molecule has 1 fully saturated rings. The molecule has 0 radical (unpaired) electrons. The Bertz CT molecular complexity index is 1190. The van der Waals surface area contributed by atoms with E-state index in [1.165, 1.54) is 40.6 Å². The fourth-order valence-electron chi connectivity index (χ4n) is 4.03. The summed E-state index contributed by atoms with van der Waals surface area (Å²) in [6, 6.07) is 5.61. The van der Waals surface area contributed by atoms with Gasteiger partial charge in [-0.25, -0.2) is 18.7 Å². The van der Waals surface area contributed by atoms with Gasteiger partial charge in [0.05, 0.1) is 15.9 Å². The standard InChI is InChI=1S/C21H20F2N4S2/c1-11-12(4-2-3-6-24-11)16-8-13-15(5-7-25-21(13)29-16)27-19-14(22)9-17-20(18(19)23)26-10-28-17/h5,7-12,24H,2-4,6H2,1H3,(H,25,27)/t11-,12+/m0/s1. The summed E-state index contributed by atoms with van der Waals surface area (Å²) in [6.45, 7) is 3.27. The van der Waals surface area contributed by atoms with Gasteiger partial charge in [-0.2, -0.15) is 0 Å². The third-order valence-corrected chi connectivity index (χ3v) is 7.56. The van der Waals surface area contributed by atoms with E-state index in [0.717, 1.165) is 23.2 Å². The zero-order chi connectivity index (χ0) is 20.0. The maximum atomic E-state index is 14.9. The van der Waals surface area contributed by atoms with Crippen LogP contribution in [0.4, 0.5) is 20.2 Å². The van der Waals surface area contributed by atoms with Crippen molar-refractivity contribution in [1.82, 2.24) is 15.3 Å². The summed E-state index contributed by atoms with van der Waals surface area (Å²) in [7, 11) is 0. The van der Waals surface area contributed by atoms with E-state index < -0.39 is 11.6 Å². The van der Waals surface area contributed by atoms with Gasteiger partial charge in [0, 0.05) is 28.4 Å². The lowest BCUT2D eigenvalue weighted by Gasteiger charge is -2.20. The van der Waals surface area contributed by atoms with Crippen LogP contribution in [0.3, 0.4) is 0 Å². The minimum absolute atomic E-state index is 0.173. The molecule has 0 aliphatic carbocycles. The van der Waals surface area contributed by atoms with E-state index in [-0.39, 0.29) is 11.2 Å². The van der Waals surface area contributed by atoms with Crippen molar-refractivity contribution in [2.75, 3.05) is 11.9 Å². The third kappa shape index (κ3) is 3.39. The molecule has 4 aromatic rings. The highest BCUT2D eigenvalue weighted by molar-refractivity contribution is 7.18. The van der Waals surface area contributed by atoms with Crippen LogP contribution < -0.4 is 10.6 Å². The molecule has 0 unspecified atom stereocenters. The highest BCUT2D eigenvalue weighted by atomic mass is 32.1. The van der Waals surface area contributed by atoms with E-state index in [1.54, 1.807) is 23.6 Å². The van der Waals surface area contributed by atoms with Crippen molar-refractivity contribution in [2.45, 2.75) is 38.1 Å². The zero-order valence-corrected chi connectivity index (χ0v) is 17.5. The predicted molar refractivity (Wildman–Crippen MR) is 116 cm³/mol. The third-order valence-electron chi connectivity index (χ3n) is 5.61. The Morgan fingerprint density at radius 3 is 3.00 bits per heavy atom. The molecule has 2 N–H and O–H groups in total. The molecule has 1 saturated heterocycles. The summed E-state index contributed by atoms with van der Waals surface area (Å²) in [4.78, 5) is 10.7. The number of pyridine rings is 1. The van der Waals surface area contributed by atoms with Crippen LogP contribution in [0.25, 0.3) is 20.4 Å². The number of hydrogen-bond donors (Lipinski definition) is 2. The van der Waals surface area contributed by atoms with Gasteiger partial charge in [0.25, 0.3) is 0 Å². The maximum absolute atomic E-state index is 14.9. The fraction of sp³-hybridized carbons (Fsp3) is 0.333. The Labute approximate surface area is 175 Å². The largest absolute Gasteiger partial charge is 0.350 e. The van der Waals surface area contributed by atoms with E-state index in [2.05, 4.69) is 33.6 Å². The Balaban J connectivity index is 1.55. The van der Waals surface area contributed by atoms with Gasteiger partial charge in [0.1, 0.15) is 16.0 Å². The SMILES string of the molecule is C[C@@H]1NCCCC[C@H]1c1cc2c(Nc3c(F)cc4scnc4c3F)ccnc2s1. The van der Waals surface area contributed by atoms with Gasteiger partial charge in [-0.3, -0.25) is 0 Å². The van der Waals surface area contributed by atoms with E-state index in [0.29, 0.717) is 22.3 Å². The number of aromatic nitrogens is 2. The zero-order valence-electron chi connectivity index (χ0n) is 15.8. The molecule has 2 atom stereocenters. The van der Waals surface area contributed by atoms with Crippen molar-refractivity contribution in [3.05, 3.63) is 46.4 Å². The topological polar surface area (TPSA) is 49.8 Å². The number of hydrogen-bond acceptors (Lipinski definition) is 6. The monoisotopic (exact) mass is 430 g/mol. The number of rotatable bonds is 3. The summed E-state index contributed by atoms with van der Waals surface area (Å²) in [5.41, 5.74) is 2.19. The van der Waals surface area contributed by atoms with E-state index in [9.17, 15) is 8.78 Å². The van der Waals surface area contributed by atoms with E-state index in [1.807, 2.05) is 0 Å². The van der Waals surface area contributed by atoms with Crippen molar-refractivity contribution in [3.63, 3.8) is 0 Å². The highest BCUT2D eigenvalue weighted by Crippen LogP contribution is 2.39. The van der Waals surface area contributed by atoms with E-state index >= 15 is 0 Å². The van der Waals surface area contributed by atoms with Crippen molar-refractivity contribution in [2.24, 2.45) is 0 Å². The van der Waals surface area contributed by atoms with Crippen LogP contribution in [-0.4, -0.2) is 22.6 Å². The van der Waals surface area contributed by atoms with Crippen molar-refractivity contribution in [1.29, 1.82) is 0 Å². The van der Waals surface area contributed by atoms with Gasteiger partial charge in [-0.05, 0) is 44.5 Å². The van der Waals surface area contributed by atoms with Crippen LogP contribution in [0, 0.1) is 11.6 Å². The summed E-state index contributed by atoms with van der Waals surface area (Å²) in [5.74, 6) is -0.867. The molecule has 0 saturated carbocycles. The van der Waals surface area contributed by atoms with Gasteiger partial charge in [0.2, 0.25) is 0 Å². The number of benzene rings is 1. The molecule has 8 heteroatoms. The second-order valence-electron chi connectivity index (χ2n) is 7.44. The van der Waals surface area contributed by atoms with Crippen molar-refractivity contribution < 1.29 is 8.78 Å². The van der Waals surface area contributed by atoms with Gasteiger partial charge < -0.3 is 10.6 Å². The first-order valence-electron chi connectivity index (χ1n) is 9.72. The van der Waals surface area contributed by atoms with Gasteiger partial charge in [-0.1, -0.05) is 6.42 Å². The molecule has 4 heterocycles. The van der Waals surface area contributed by atoms with Gasteiger partial charge in [-0.15, -0.1) is 22.7 Å². The second kappa shape index (κ2) is 7.59. The van der Waals surface area contributed by atoms with Crippen LogP contribution >= 0.6 is 22.7 Å². The quantitative estimate of drug-likeness (QED) is 0.408. The molecule has 5 rings (SSSR count). The molecule has 0 amide bonds. The molecule has 150 valence electrons. The second-order valence-corrected chi connectivity index (χ2v) is 9.39. The summed E-state index contributed by atoms with van der Waals surface area (Å²) >= 11 is 2.89. The van der Waals surface area contributed by atoms with Crippen LogP contribution in [0.1, 0.15) is 37.0 Å². The van der Waals surface area contributed by atoms with Crippen LogP contribution in [0.15, 0.2) is 29.9 Å². The first kappa shape index (κ1) is 18.8. The Kier molecular flexibility index (Phi) is 4.93. The molecule has 3 aromatic heterocycles. The Morgan fingerprint density at radius 1 is 1.21 bits per heavy atom. The van der Waals surface area contributed by atoms with E-state index in [4.69, 9.17) is 0 Å². The van der Waals surface area contributed by atoms with Crippen LogP contribution in [0.5, 0.6) is 0 Å². The lowest BCUT2D eigenvalue weighted by atomic mass is 9.94. The van der Waals surface area contributed by atoms with Crippen molar-refractivity contribution >= 4 is 54.5 Å². The highest BCUT2D eigenvalue weighted by Gasteiger charge is 2.24. The first-order valence-corrected chi connectivity index (χ1v) is 11.4. The molecule has 29 heavy (non-hydrogen) atoms. The molecular formula is C21H20F2N4S2. The minimum Gasteiger partial charge on any atom is -0.350 e. The number of halogens is 2. The molecule has 4 nitrogen and oxygen atoms in total. The van der Waals surface area contributed by atoms with Crippen LogP contribution in [0.2, 0.25) is 0 Å². The average Bonchev–Trinajstić information content (AvgIpc) is 3.29. The number of nitrogens with one attached hydrogen (secondary N) is 2. The number of thiophene rings is 1. The molecule has 0 bridgehead atoms. The predicted octanol–water partition coefficient (Wildman–Crippen LogP) is 6.17. The number of anilines is 2. The normalized spacial score (nSPS) is 20.2. The molecule has 1 aliphatic heterocycles. The summed E-state index contributed by atoms with van der Waals surface area (Å²) in [6.07, 6.45) is 5.19. The fourth-order valence-corrected chi connectivity index (χ4v) is 5.99. The summed E-state index contributed by atoms with van der Waals surface area (Å²) in [5, 5.41) is 7.45. The molecule has 0 spiro atoms. The number of nitrogens with zero attached hydrogens (tertiary/aromatic N) is 2. The Hall–Kier alpha value is -2.16. The maximum Gasteiger partial charge on any atom is 0.176 e. The Morgan fingerprint density at radius 2 is 2.10 bits per heavy atom. The van der Waals surface area contributed by atoms with Crippen molar-refractivity contribution in [3.8, 4) is 0 Å². The molecule has 1 aliphatic rings. The molecular weight excluding hydrogens is 410 g/mol. The molecule has 1 aromatic carbocycles. The lowest BCUT2D eigenvalue weighted by molar-refractivity contribution is 0.488. The first-order chi connectivity index (χ1) is 14.1. The van der Waals surface area contributed by atoms with Gasteiger partial charge in [0.15, 0.2) is 11.6 Å². The lowest BCUT2D eigenvalue weighted by Crippen LogP contribution is -2.30. The minimum atomic E-state index is -0.664. The smallest absolute Gasteiger partial charge is 0.176 e. The van der Waals surface area contributed by atoms with Crippen LogP contribution in [-0.2, 0) is 0 Å². The number of fused-ring (bicyclic) bond motifs is 2. The number of thiazole rings is 1.